The maximum absolute atomic E-state index is 12.8. The molecule has 1 aliphatic heterocycles. The summed E-state index contributed by atoms with van der Waals surface area (Å²) in [6, 6.07) is 18.9. The van der Waals surface area contributed by atoms with Gasteiger partial charge in [0.2, 0.25) is 5.91 Å². The summed E-state index contributed by atoms with van der Waals surface area (Å²) < 4.78 is 10.8. The van der Waals surface area contributed by atoms with E-state index in [-0.39, 0.29) is 17.9 Å². The standard InChI is InChI=1S/C25H26N2O4/c1-17(16-31-20-13-11-19(30-2)12-14-20)26-23(28)10-5-15-27-22-9-4-7-18-6-3-8-21(24(18)22)25(27)29/h3-4,6-9,11-14,17H,5,10,15-16H2,1-2H3,(H,26,28)/t17-/m1/s1. The second-order valence-corrected chi connectivity index (χ2v) is 7.70. The van der Waals surface area contributed by atoms with Crippen LogP contribution in [-0.2, 0) is 4.79 Å². The minimum absolute atomic E-state index is 0.00784. The van der Waals surface area contributed by atoms with Crippen LogP contribution in [0.3, 0.4) is 0 Å². The monoisotopic (exact) mass is 418 g/mol. The Morgan fingerprint density at radius 1 is 1.03 bits per heavy atom. The van der Waals surface area contributed by atoms with Gasteiger partial charge in [-0.3, -0.25) is 9.59 Å². The third-order valence-corrected chi connectivity index (χ3v) is 5.40. The third kappa shape index (κ3) is 4.48. The molecule has 0 unspecified atom stereocenters. The minimum atomic E-state index is -0.124. The van der Waals surface area contributed by atoms with E-state index in [0.29, 0.717) is 26.0 Å². The molecular formula is C25H26N2O4. The van der Waals surface area contributed by atoms with Crippen LogP contribution in [-0.4, -0.2) is 38.1 Å². The lowest BCUT2D eigenvalue weighted by Gasteiger charge is -2.18. The number of hydrogen-bond acceptors (Lipinski definition) is 4. The summed E-state index contributed by atoms with van der Waals surface area (Å²) in [7, 11) is 1.62. The predicted molar refractivity (Wildman–Crippen MR) is 121 cm³/mol. The Hall–Kier alpha value is -3.54. The number of rotatable bonds is 9. The lowest BCUT2D eigenvalue weighted by atomic mass is 10.1. The van der Waals surface area contributed by atoms with E-state index >= 15 is 0 Å². The minimum Gasteiger partial charge on any atom is -0.497 e. The molecule has 0 aromatic heterocycles. The van der Waals surface area contributed by atoms with Gasteiger partial charge in [0.25, 0.3) is 5.91 Å². The molecule has 0 spiro atoms. The number of hydrogen-bond donors (Lipinski definition) is 1. The van der Waals surface area contributed by atoms with Crippen molar-refractivity contribution < 1.29 is 19.1 Å². The highest BCUT2D eigenvalue weighted by Crippen LogP contribution is 2.37. The maximum Gasteiger partial charge on any atom is 0.258 e. The van der Waals surface area contributed by atoms with Crippen LogP contribution in [0.15, 0.2) is 60.7 Å². The average Bonchev–Trinajstić information content (AvgIpc) is 3.06. The molecule has 2 amide bonds. The van der Waals surface area contributed by atoms with Crippen molar-refractivity contribution in [2.75, 3.05) is 25.2 Å². The van der Waals surface area contributed by atoms with Crippen molar-refractivity contribution in [3.8, 4) is 11.5 Å². The molecule has 1 atom stereocenters. The fraction of sp³-hybridized carbons (Fsp3) is 0.280. The van der Waals surface area contributed by atoms with E-state index in [1.54, 1.807) is 12.0 Å². The highest BCUT2D eigenvalue weighted by atomic mass is 16.5. The second kappa shape index (κ2) is 9.08. The fourth-order valence-corrected chi connectivity index (χ4v) is 3.88. The molecule has 1 aliphatic rings. The Labute approximate surface area is 181 Å². The van der Waals surface area contributed by atoms with Gasteiger partial charge >= 0.3 is 0 Å². The molecule has 6 nitrogen and oxygen atoms in total. The molecule has 3 aromatic carbocycles. The van der Waals surface area contributed by atoms with Crippen molar-refractivity contribution in [2.45, 2.75) is 25.8 Å². The number of amides is 2. The summed E-state index contributed by atoms with van der Waals surface area (Å²) in [4.78, 5) is 26.9. The number of nitrogens with zero attached hydrogens (tertiary/aromatic N) is 1. The lowest BCUT2D eigenvalue weighted by molar-refractivity contribution is -0.121. The quantitative estimate of drug-likeness (QED) is 0.566. The molecule has 0 bridgehead atoms. The molecule has 0 saturated carbocycles. The summed E-state index contributed by atoms with van der Waals surface area (Å²) in [5.41, 5.74) is 1.67. The molecular weight excluding hydrogens is 392 g/mol. The van der Waals surface area contributed by atoms with Crippen LogP contribution < -0.4 is 19.7 Å². The Kier molecular flexibility index (Phi) is 6.07. The van der Waals surface area contributed by atoms with E-state index in [1.807, 2.05) is 67.6 Å². The van der Waals surface area contributed by atoms with E-state index in [1.165, 1.54) is 0 Å². The Morgan fingerprint density at radius 3 is 2.48 bits per heavy atom. The van der Waals surface area contributed by atoms with Crippen LogP contribution in [0.4, 0.5) is 5.69 Å². The third-order valence-electron chi connectivity index (χ3n) is 5.40. The largest absolute Gasteiger partial charge is 0.497 e. The van der Waals surface area contributed by atoms with Gasteiger partial charge in [-0.25, -0.2) is 0 Å². The van der Waals surface area contributed by atoms with E-state index in [9.17, 15) is 9.59 Å². The van der Waals surface area contributed by atoms with Gasteiger partial charge in [0, 0.05) is 23.9 Å². The van der Waals surface area contributed by atoms with Gasteiger partial charge in [-0.1, -0.05) is 24.3 Å². The van der Waals surface area contributed by atoms with Gasteiger partial charge in [-0.05, 0) is 55.1 Å². The Morgan fingerprint density at radius 2 is 1.74 bits per heavy atom. The van der Waals surface area contributed by atoms with Crippen molar-refractivity contribution in [2.24, 2.45) is 0 Å². The molecule has 3 aromatic rings. The summed E-state index contributed by atoms with van der Waals surface area (Å²) in [5.74, 6) is 1.45. The second-order valence-electron chi connectivity index (χ2n) is 7.70. The first-order valence-electron chi connectivity index (χ1n) is 10.5. The summed E-state index contributed by atoms with van der Waals surface area (Å²) in [6.07, 6.45) is 0.941. The van der Waals surface area contributed by atoms with Gasteiger partial charge in [-0.2, -0.15) is 0 Å². The van der Waals surface area contributed by atoms with E-state index in [4.69, 9.17) is 9.47 Å². The Balaban J connectivity index is 1.24. The highest BCUT2D eigenvalue weighted by Gasteiger charge is 2.29. The van der Waals surface area contributed by atoms with Crippen LogP contribution in [0.25, 0.3) is 10.8 Å². The normalized spacial score (nSPS) is 13.4. The lowest BCUT2D eigenvalue weighted by Crippen LogP contribution is -2.37. The molecule has 1 N–H and O–H groups in total. The fourth-order valence-electron chi connectivity index (χ4n) is 3.88. The average molecular weight is 418 g/mol. The van der Waals surface area contributed by atoms with Crippen molar-refractivity contribution >= 4 is 28.3 Å². The first-order valence-corrected chi connectivity index (χ1v) is 10.5. The SMILES string of the molecule is COc1ccc(OC[C@@H](C)NC(=O)CCCN2C(=O)c3cccc4cccc2c34)cc1. The van der Waals surface area contributed by atoms with Crippen molar-refractivity contribution in [3.05, 3.63) is 66.2 Å². The van der Waals surface area contributed by atoms with E-state index in [0.717, 1.165) is 33.5 Å². The van der Waals surface area contributed by atoms with Crippen molar-refractivity contribution in [1.82, 2.24) is 5.32 Å². The topological polar surface area (TPSA) is 67.9 Å². The van der Waals surface area contributed by atoms with Gasteiger partial charge in [0.1, 0.15) is 18.1 Å². The Bertz CT molecular complexity index is 1090. The predicted octanol–water partition coefficient (Wildman–Crippen LogP) is 4.17. The van der Waals surface area contributed by atoms with Gasteiger partial charge in [0.15, 0.2) is 0 Å². The zero-order chi connectivity index (χ0) is 21.8. The van der Waals surface area contributed by atoms with E-state index < -0.39 is 0 Å². The van der Waals surface area contributed by atoms with Crippen molar-refractivity contribution in [1.29, 1.82) is 0 Å². The summed E-state index contributed by atoms with van der Waals surface area (Å²) >= 11 is 0. The first kappa shape index (κ1) is 20.7. The molecule has 0 radical (unpaired) electrons. The number of nitrogens with one attached hydrogen (secondary N) is 1. The highest BCUT2D eigenvalue weighted by molar-refractivity contribution is 6.25. The number of carbonyl (C=O) groups excluding carboxylic acids is 2. The van der Waals surface area contributed by atoms with Crippen LogP contribution in [0.1, 0.15) is 30.1 Å². The molecule has 160 valence electrons. The molecule has 0 aliphatic carbocycles. The number of methoxy groups -OCH3 is 1. The molecule has 1 heterocycles. The van der Waals surface area contributed by atoms with Crippen molar-refractivity contribution in [3.63, 3.8) is 0 Å². The van der Waals surface area contributed by atoms with Crippen LogP contribution in [0.2, 0.25) is 0 Å². The smallest absolute Gasteiger partial charge is 0.258 e. The molecule has 0 fully saturated rings. The van der Waals surface area contributed by atoms with Gasteiger partial charge in [-0.15, -0.1) is 0 Å². The molecule has 31 heavy (non-hydrogen) atoms. The summed E-state index contributed by atoms with van der Waals surface area (Å²) in [6.45, 7) is 2.79. The van der Waals surface area contributed by atoms with Gasteiger partial charge in [0.05, 0.1) is 18.8 Å². The number of anilines is 1. The molecule has 6 heteroatoms. The number of benzene rings is 3. The van der Waals surface area contributed by atoms with E-state index in [2.05, 4.69) is 5.32 Å². The zero-order valence-corrected chi connectivity index (χ0v) is 17.8. The number of carbonyl (C=O) groups is 2. The van der Waals surface area contributed by atoms with Crippen LogP contribution in [0, 0.1) is 0 Å². The summed E-state index contributed by atoms with van der Waals surface area (Å²) in [5, 5.41) is 5.02. The van der Waals surface area contributed by atoms with Crippen LogP contribution in [0.5, 0.6) is 11.5 Å². The van der Waals surface area contributed by atoms with Crippen LogP contribution >= 0.6 is 0 Å². The first-order chi connectivity index (χ1) is 15.1. The van der Waals surface area contributed by atoms with Gasteiger partial charge < -0.3 is 19.7 Å². The maximum atomic E-state index is 12.8. The molecule has 4 rings (SSSR count). The zero-order valence-electron chi connectivity index (χ0n) is 17.8. The molecule has 0 saturated heterocycles. The number of ether oxygens (including phenoxy) is 2.